The Labute approximate surface area is 135 Å². The molecular formula is C17H23FN2O3. The summed E-state index contributed by atoms with van der Waals surface area (Å²) in [5, 5.41) is 3.25. The number of amides is 1. The van der Waals surface area contributed by atoms with Crippen molar-refractivity contribution in [2.75, 3.05) is 32.1 Å². The van der Waals surface area contributed by atoms with E-state index in [1.807, 2.05) is 4.90 Å². The number of piperidine rings is 1. The van der Waals surface area contributed by atoms with Gasteiger partial charge in [-0.3, -0.25) is 9.59 Å². The maximum atomic E-state index is 13.8. The SMILES string of the molecule is COCCC(=O)N1CCC(Nc2cccc(F)c2C(C)=O)CC1. The fourth-order valence-corrected chi connectivity index (χ4v) is 2.84. The standard InChI is InChI=1S/C17H23FN2O3/c1-12(21)17-14(18)4-3-5-15(17)19-13-6-9-20(10-7-13)16(22)8-11-23-2/h3-5,13,19H,6-11H2,1-2H3. The molecule has 1 aliphatic rings. The molecule has 0 bridgehead atoms. The Morgan fingerprint density at radius 3 is 2.65 bits per heavy atom. The van der Waals surface area contributed by atoms with Crippen LogP contribution in [0.2, 0.25) is 0 Å². The van der Waals surface area contributed by atoms with E-state index >= 15 is 0 Å². The molecule has 0 aliphatic carbocycles. The van der Waals surface area contributed by atoms with Crippen LogP contribution in [0.15, 0.2) is 18.2 Å². The van der Waals surface area contributed by atoms with Crippen LogP contribution < -0.4 is 5.32 Å². The zero-order valence-corrected chi connectivity index (χ0v) is 13.6. The average molecular weight is 322 g/mol. The van der Waals surface area contributed by atoms with E-state index in [4.69, 9.17) is 4.74 Å². The molecule has 2 rings (SSSR count). The van der Waals surface area contributed by atoms with Crippen molar-refractivity contribution in [3.63, 3.8) is 0 Å². The summed E-state index contributed by atoms with van der Waals surface area (Å²) in [4.78, 5) is 25.4. The first-order valence-electron chi connectivity index (χ1n) is 7.85. The van der Waals surface area contributed by atoms with E-state index < -0.39 is 5.82 Å². The van der Waals surface area contributed by atoms with Gasteiger partial charge in [-0.1, -0.05) is 6.07 Å². The maximum Gasteiger partial charge on any atom is 0.224 e. The first-order valence-corrected chi connectivity index (χ1v) is 7.85. The van der Waals surface area contributed by atoms with Crippen molar-refractivity contribution in [3.05, 3.63) is 29.6 Å². The summed E-state index contributed by atoms with van der Waals surface area (Å²) in [6.07, 6.45) is 1.94. The second kappa shape index (κ2) is 8.06. The third-order valence-electron chi connectivity index (χ3n) is 4.09. The Bertz CT molecular complexity index is 569. The van der Waals surface area contributed by atoms with Gasteiger partial charge in [0.1, 0.15) is 5.82 Å². The van der Waals surface area contributed by atoms with Crippen molar-refractivity contribution < 1.29 is 18.7 Å². The molecule has 1 aromatic carbocycles. The molecule has 1 saturated heterocycles. The van der Waals surface area contributed by atoms with Crippen LogP contribution in [0.25, 0.3) is 0 Å². The molecule has 0 radical (unpaired) electrons. The average Bonchev–Trinajstić information content (AvgIpc) is 2.53. The van der Waals surface area contributed by atoms with Crippen LogP contribution in [0.4, 0.5) is 10.1 Å². The molecule has 6 heteroatoms. The number of hydrogen-bond acceptors (Lipinski definition) is 4. The lowest BCUT2D eigenvalue weighted by Crippen LogP contribution is -2.42. The van der Waals surface area contributed by atoms with Gasteiger partial charge in [0, 0.05) is 31.9 Å². The first kappa shape index (κ1) is 17.4. The molecule has 1 aromatic rings. The van der Waals surface area contributed by atoms with Gasteiger partial charge in [-0.25, -0.2) is 4.39 Å². The topological polar surface area (TPSA) is 58.6 Å². The molecule has 1 aliphatic heterocycles. The molecule has 1 amide bonds. The smallest absolute Gasteiger partial charge is 0.224 e. The molecule has 0 saturated carbocycles. The minimum absolute atomic E-state index is 0.0977. The van der Waals surface area contributed by atoms with Gasteiger partial charge in [-0.2, -0.15) is 0 Å². The minimum atomic E-state index is -0.505. The molecule has 126 valence electrons. The fraction of sp³-hybridized carbons (Fsp3) is 0.529. The molecule has 1 fully saturated rings. The number of Topliss-reactive ketones (excluding diaryl/α,β-unsaturated/α-hetero) is 1. The number of nitrogens with zero attached hydrogens (tertiary/aromatic N) is 1. The number of ketones is 1. The van der Waals surface area contributed by atoms with Crippen LogP contribution in [-0.2, 0) is 9.53 Å². The van der Waals surface area contributed by atoms with Gasteiger partial charge in [0.2, 0.25) is 5.91 Å². The molecular weight excluding hydrogens is 299 g/mol. The Kier molecular flexibility index (Phi) is 6.10. The molecule has 1 N–H and O–H groups in total. The normalized spacial score (nSPS) is 15.5. The fourth-order valence-electron chi connectivity index (χ4n) is 2.84. The number of carbonyl (C=O) groups excluding carboxylic acids is 2. The Morgan fingerprint density at radius 2 is 2.04 bits per heavy atom. The maximum absolute atomic E-state index is 13.8. The molecule has 5 nitrogen and oxygen atoms in total. The summed E-state index contributed by atoms with van der Waals surface area (Å²) in [6, 6.07) is 4.73. The molecule has 0 atom stereocenters. The monoisotopic (exact) mass is 322 g/mol. The van der Waals surface area contributed by atoms with E-state index in [9.17, 15) is 14.0 Å². The van der Waals surface area contributed by atoms with Gasteiger partial charge in [0.15, 0.2) is 5.78 Å². The highest BCUT2D eigenvalue weighted by molar-refractivity contribution is 5.99. The van der Waals surface area contributed by atoms with Gasteiger partial charge in [0.05, 0.1) is 18.6 Å². The summed E-state index contributed by atoms with van der Waals surface area (Å²) in [6.45, 7) is 3.11. The summed E-state index contributed by atoms with van der Waals surface area (Å²) in [7, 11) is 1.58. The lowest BCUT2D eigenvalue weighted by Gasteiger charge is -2.33. The Morgan fingerprint density at radius 1 is 1.35 bits per heavy atom. The van der Waals surface area contributed by atoms with Crippen molar-refractivity contribution in [1.82, 2.24) is 4.90 Å². The van der Waals surface area contributed by atoms with E-state index in [1.54, 1.807) is 19.2 Å². The van der Waals surface area contributed by atoms with Gasteiger partial charge >= 0.3 is 0 Å². The number of ether oxygens (including phenoxy) is 1. The molecule has 0 spiro atoms. The highest BCUT2D eigenvalue weighted by atomic mass is 19.1. The molecule has 0 unspecified atom stereocenters. The number of benzene rings is 1. The predicted octanol–water partition coefficient (Wildman–Crippen LogP) is 2.47. The van der Waals surface area contributed by atoms with E-state index in [-0.39, 0.29) is 23.3 Å². The third-order valence-corrected chi connectivity index (χ3v) is 4.09. The highest BCUT2D eigenvalue weighted by Gasteiger charge is 2.23. The number of likely N-dealkylation sites (tertiary alicyclic amines) is 1. The number of hydrogen-bond donors (Lipinski definition) is 1. The second-order valence-electron chi connectivity index (χ2n) is 5.76. The highest BCUT2D eigenvalue weighted by Crippen LogP contribution is 2.23. The van der Waals surface area contributed by atoms with Crippen molar-refractivity contribution in [1.29, 1.82) is 0 Å². The van der Waals surface area contributed by atoms with Gasteiger partial charge < -0.3 is 15.0 Å². The lowest BCUT2D eigenvalue weighted by molar-refractivity contribution is -0.133. The summed E-state index contributed by atoms with van der Waals surface area (Å²) in [5.74, 6) is -0.701. The largest absolute Gasteiger partial charge is 0.384 e. The van der Waals surface area contributed by atoms with Crippen LogP contribution in [0, 0.1) is 5.82 Å². The van der Waals surface area contributed by atoms with Crippen LogP contribution in [0.5, 0.6) is 0 Å². The van der Waals surface area contributed by atoms with Crippen LogP contribution in [0.1, 0.15) is 36.5 Å². The number of halogens is 1. The predicted molar refractivity (Wildman–Crippen MR) is 86.1 cm³/mol. The van der Waals surface area contributed by atoms with Crippen molar-refractivity contribution in [3.8, 4) is 0 Å². The summed E-state index contributed by atoms with van der Waals surface area (Å²) >= 11 is 0. The van der Waals surface area contributed by atoms with Gasteiger partial charge in [-0.15, -0.1) is 0 Å². The molecule has 0 aromatic heterocycles. The number of rotatable bonds is 6. The van der Waals surface area contributed by atoms with E-state index in [1.165, 1.54) is 13.0 Å². The molecule has 1 heterocycles. The van der Waals surface area contributed by atoms with Crippen molar-refractivity contribution in [2.24, 2.45) is 0 Å². The van der Waals surface area contributed by atoms with Gasteiger partial charge in [-0.05, 0) is 31.9 Å². The Hall–Kier alpha value is -1.95. The zero-order valence-electron chi connectivity index (χ0n) is 13.6. The van der Waals surface area contributed by atoms with Crippen molar-refractivity contribution in [2.45, 2.75) is 32.2 Å². The second-order valence-corrected chi connectivity index (χ2v) is 5.76. The van der Waals surface area contributed by atoms with E-state index in [2.05, 4.69) is 5.32 Å². The van der Waals surface area contributed by atoms with Crippen molar-refractivity contribution >= 4 is 17.4 Å². The number of carbonyl (C=O) groups is 2. The first-order chi connectivity index (χ1) is 11.0. The van der Waals surface area contributed by atoms with Gasteiger partial charge in [0.25, 0.3) is 0 Å². The zero-order chi connectivity index (χ0) is 16.8. The summed E-state index contributed by atoms with van der Waals surface area (Å²) < 4.78 is 18.7. The van der Waals surface area contributed by atoms with Crippen LogP contribution in [-0.4, -0.2) is 49.4 Å². The van der Waals surface area contributed by atoms with Crippen LogP contribution >= 0.6 is 0 Å². The Balaban J connectivity index is 1.94. The summed E-state index contributed by atoms with van der Waals surface area (Å²) in [5.41, 5.74) is 0.632. The quantitative estimate of drug-likeness (QED) is 0.818. The third kappa shape index (κ3) is 4.51. The number of nitrogens with one attached hydrogen (secondary N) is 1. The lowest BCUT2D eigenvalue weighted by atomic mass is 10.0. The molecule has 23 heavy (non-hydrogen) atoms. The minimum Gasteiger partial charge on any atom is -0.384 e. The van der Waals surface area contributed by atoms with Crippen LogP contribution in [0.3, 0.4) is 0 Å². The number of methoxy groups -OCH3 is 1. The van der Waals surface area contributed by atoms with E-state index in [0.29, 0.717) is 31.8 Å². The van der Waals surface area contributed by atoms with E-state index in [0.717, 1.165) is 12.8 Å². The number of anilines is 1.